The zero-order chi connectivity index (χ0) is 16.0. The second-order valence-electron chi connectivity index (χ2n) is 9.18. The predicted molar refractivity (Wildman–Crippen MR) is 95.8 cm³/mol. The number of para-hydroxylation sites is 1. The van der Waals surface area contributed by atoms with Gasteiger partial charge >= 0.3 is 0 Å². The summed E-state index contributed by atoms with van der Waals surface area (Å²) in [5.41, 5.74) is 1.72. The quantitative estimate of drug-likeness (QED) is 0.646. The summed E-state index contributed by atoms with van der Waals surface area (Å²) in [6.07, 6.45) is 8.75. The van der Waals surface area contributed by atoms with E-state index in [9.17, 15) is 0 Å². The Balaban J connectivity index is 1.60. The Morgan fingerprint density at radius 2 is 1.87 bits per heavy atom. The maximum atomic E-state index is 6.06. The standard InChI is InChI=1S/C22H32O/c1-15-11-12-18-16(7-6-9-17(15)18)13-20-19-8-4-5-10-21(19)23-14-22(20,2)3/h4-5,8,10,15-18,20H,6-7,9,11-14H2,1-3H3/t15-,16?,17?,18?,20?/m1/s1. The minimum Gasteiger partial charge on any atom is -0.493 e. The highest BCUT2D eigenvalue weighted by atomic mass is 16.5. The van der Waals surface area contributed by atoms with E-state index in [4.69, 9.17) is 4.74 Å². The third-order valence-electron chi connectivity index (χ3n) is 7.33. The molecule has 4 unspecified atom stereocenters. The molecule has 4 rings (SSSR count). The molecule has 5 atom stereocenters. The van der Waals surface area contributed by atoms with Gasteiger partial charge in [0.1, 0.15) is 5.75 Å². The molecule has 1 heteroatoms. The van der Waals surface area contributed by atoms with Crippen LogP contribution < -0.4 is 4.74 Å². The molecule has 1 aliphatic heterocycles. The van der Waals surface area contributed by atoms with Crippen molar-refractivity contribution in [3.8, 4) is 5.75 Å². The molecule has 2 saturated carbocycles. The Morgan fingerprint density at radius 1 is 1.04 bits per heavy atom. The van der Waals surface area contributed by atoms with Gasteiger partial charge in [-0.1, -0.05) is 58.2 Å². The molecule has 2 aliphatic carbocycles. The molecule has 2 fully saturated rings. The van der Waals surface area contributed by atoms with Crippen LogP contribution >= 0.6 is 0 Å². The molecule has 23 heavy (non-hydrogen) atoms. The zero-order valence-corrected chi connectivity index (χ0v) is 15.1. The van der Waals surface area contributed by atoms with E-state index in [2.05, 4.69) is 45.0 Å². The molecule has 126 valence electrons. The molecule has 0 saturated heterocycles. The van der Waals surface area contributed by atoms with Gasteiger partial charge in [-0.25, -0.2) is 0 Å². The Morgan fingerprint density at radius 3 is 2.74 bits per heavy atom. The lowest BCUT2D eigenvalue weighted by molar-refractivity contribution is 0.0780. The first-order valence-corrected chi connectivity index (χ1v) is 9.78. The number of rotatable bonds is 2. The van der Waals surface area contributed by atoms with E-state index in [-0.39, 0.29) is 5.41 Å². The van der Waals surface area contributed by atoms with Crippen LogP contribution in [0.3, 0.4) is 0 Å². The van der Waals surface area contributed by atoms with Gasteiger partial charge in [0, 0.05) is 5.41 Å². The predicted octanol–water partition coefficient (Wildman–Crippen LogP) is 6.04. The van der Waals surface area contributed by atoms with Gasteiger partial charge in [-0.15, -0.1) is 0 Å². The summed E-state index contributed by atoms with van der Waals surface area (Å²) in [6, 6.07) is 8.79. The van der Waals surface area contributed by atoms with Crippen molar-refractivity contribution in [1.29, 1.82) is 0 Å². The van der Waals surface area contributed by atoms with Gasteiger partial charge in [-0.05, 0) is 60.5 Å². The molecule has 0 bridgehead atoms. The summed E-state index contributed by atoms with van der Waals surface area (Å²) in [6.45, 7) is 8.18. The van der Waals surface area contributed by atoms with Crippen LogP contribution in [0.1, 0.15) is 70.8 Å². The van der Waals surface area contributed by atoms with Gasteiger partial charge in [0.25, 0.3) is 0 Å². The highest BCUT2D eigenvalue weighted by Crippen LogP contribution is 2.54. The molecule has 1 aromatic carbocycles. The fourth-order valence-corrected chi connectivity index (χ4v) is 5.95. The molecule has 1 aromatic rings. The van der Waals surface area contributed by atoms with Crippen LogP contribution in [-0.2, 0) is 0 Å². The normalized spacial score (nSPS) is 38.5. The number of ether oxygens (including phenoxy) is 1. The van der Waals surface area contributed by atoms with Crippen LogP contribution in [0.2, 0.25) is 0 Å². The molecule has 0 radical (unpaired) electrons. The van der Waals surface area contributed by atoms with E-state index >= 15 is 0 Å². The fourth-order valence-electron chi connectivity index (χ4n) is 5.95. The van der Waals surface area contributed by atoms with Crippen LogP contribution in [0.5, 0.6) is 5.75 Å². The van der Waals surface area contributed by atoms with Gasteiger partial charge in [0.05, 0.1) is 6.61 Å². The largest absolute Gasteiger partial charge is 0.493 e. The molecule has 0 spiro atoms. The summed E-state index contributed by atoms with van der Waals surface area (Å²) >= 11 is 0. The van der Waals surface area contributed by atoms with E-state index in [0.29, 0.717) is 5.92 Å². The van der Waals surface area contributed by atoms with Crippen molar-refractivity contribution in [3.05, 3.63) is 29.8 Å². The minimum atomic E-state index is 0.255. The Labute approximate surface area is 141 Å². The lowest BCUT2D eigenvalue weighted by atomic mass is 9.63. The average molecular weight is 312 g/mol. The average Bonchev–Trinajstić information content (AvgIpc) is 2.93. The fraction of sp³-hybridized carbons (Fsp3) is 0.727. The molecule has 3 aliphatic rings. The number of hydrogen-bond acceptors (Lipinski definition) is 1. The summed E-state index contributed by atoms with van der Waals surface area (Å²) in [5, 5.41) is 0. The van der Waals surface area contributed by atoms with Gasteiger partial charge in [-0.3, -0.25) is 0 Å². The van der Waals surface area contributed by atoms with E-state index in [0.717, 1.165) is 36.0 Å². The second-order valence-corrected chi connectivity index (χ2v) is 9.18. The van der Waals surface area contributed by atoms with Crippen molar-refractivity contribution < 1.29 is 4.74 Å². The van der Waals surface area contributed by atoms with E-state index < -0.39 is 0 Å². The Hall–Kier alpha value is -0.980. The van der Waals surface area contributed by atoms with Crippen LogP contribution in [-0.4, -0.2) is 6.61 Å². The first-order chi connectivity index (χ1) is 11.1. The first kappa shape index (κ1) is 15.5. The second kappa shape index (κ2) is 5.83. The van der Waals surface area contributed by atoms with Gasteiger partial charge in [-0.2, -0.15) is 0 Å². The zero-order valence-electron chi connectivity index (χ0n) is 15.1. The van der Waals surface area contributed by atoms with Gasteiger partial charge < -0.3 is 4.74 Å². The molecule has 1 nitrogen and oxygen atoms in total. The Kier molecular flexibility index (Phi) is 3.94. The van der Waals surface area contributed by atoms with Crippen LogP contribution in [0.15, 0.2) is 24.3 Å². The van der Waals surface area contributed by atoms with Crippen molar-refractivity contribution in [2.45, 2.75) is 65.2 Å². The molecular weight excluding hydrogens is 280 g/mol. The summed E-state index contributed by atoms with van der Waals surface area (Å²) in [5.74, 6) is 5.74. The molecule has 0 N–H and O–H groups in total. The lowest BCUT2D eigenvalue weighted by Gasteiger charge is -2.44. The number of benzene rings is 1. The molecule has 1 heterocycles. The van der Waals surface area contributed by atoms with E-state index in [1.807, 2.05) is 0 Å². The van der Waals surface area contributed by atoms with Crippen LogP contribution in [0.4, 0.5) is 0 Å². The van der Waals surface area contributed by atoms with Crippen molar-refractivity contribution in [3.63, 3.8) is 0 Å². The van der Waals surface area contributed by atoms with Crippen molar-refractivity contribution in [1.82, 2.24) is 0 Å². The highest BCUT2D eigenvalue weighted by molar-refractivity contribution is 5.39. The summed E-state index contributed by atoms with van der Waals surface area (Å²) in [7, 11) is 0. The first-order valence-electron chi connectivity index (χ1n) is 9.78. The van der Waals surface area contributed by atoms with Gasteiger partial charge in [0.15, 0.2) is 0 Å². The third-order valence-corrected chi connectivity index (χ3v) is 7.33. The maximum absolute atomic E-state index is 6.06. The number of hydrogen-bond donors (Lipinski definition) is 0. The lowest BCUT2D eigenvalue weighted by Crippen LogP contribution is -2.37. The van der Waals surface area contributed by atoms with Gasteiger partial charge in [0.2, 0.25) is 0 Å². The summed E-state index contributed by atoms with van der Waals surface area (Å²) < 4.78 is 6.06. The Bertz CT molecular complexity index is 561. The van der Waals surface area contributed by atoms with E-state index in [1.165, 1.54) is 44.1 Å². The molecule has 0 amide bonds. The van der Waals surface area contributed by atoms with Crippen molar-refractivity contribution in [2.24, 2.45) is 29.1 Å². The van der Waals surface area contributed by atoms with Crippen LogP contribution in [0.25, 0.3) is 0 Å². The van der Waals surface area contributed by atoms with Crippen molar-refractivity contribution in [2.75, 3.05) is 6.61 Å². The monoisotopic (exact) mass is 312 g/mol. The SMILES string of the molecule is C[C@@H]1CCC2C(CC3c4ccccc4OCC3(C)C)CCCC21. The van der Waals surface area contributed by atoms with Crippen molar-refractivity contribution >= 4 is 0 Å². The number of fused-ring (bicyclic) bond motifs is 2. The smallest absolute Gasteiger partial charge is 0.122 e. The molecule has 0 aromatic heterocycles. The van der Waals surface area contributed by atoms with Crippen LogP contribution in [0, 0.1) is 29.1 Å². The maximum Gasteiger partial charge on any atom is 0.122 e. The minimum absolute atomic E-state index is 0.255. The summed E-state index contributed by atoms with van der Waals surface area (Å²) in [4.78, 5) is 0. The highest BCUT2D eigenvalue weighted by Gasteiger charge is 2.44. The molecular formula is C22H32O. The van der Waals surface area contributed by atoms with E-state index in [1.54, 1.807) is 0 Å². The topological polar surface area (TPSA) is 9.23 Å². The third kappa shape index (κ3) is 2.71.